The first kappa shape index (κ1) is 8.08. The number of fused-ring (bicyclic) bond motifs is 5. The molecule has 0 radical (unpaired) electrons. The minimum atomic E-state index is 0.403. The number of ether oxygens (including phenoxy) is 3. The van der Waals surface area contributed by atoms with E-state index < -0.39 is 0 Å². The maximum atomic E-state index is 5.92. The lowest BCUT2D eigenvalue weighted by atomic mass is 9.97. The van der Waals surface area contributed by atoms with Gasteiger partial charge in [0.05, 0.1) is 31.5 Å². The first-order valence-electron chi connectivity index (χ1n) is 5.73. The molecule has 4 rings (SSSR count). The van der Waals surface area contributed by atoms with Gasteiger partial charge in [-0.1, -0.05) is 6.92 Å². The van der Waals surface area contributed by atoms with E-state index in [0.717, 1.165) is 25.0 Å². The maximum absolute atomic E-state index is 5.92. The Hall–Kier alpha value is -0.120. The zero-order chi connectivity index (χ0) is 9.28. The molecule has 2 heterocycles. The van der Waals surface area contributed by atoms with Crippen LogP contribution in [0.25, 0.3) is 0 Å². The summed E-state index contributed by atoms with van der Waals surface area (Å²) < 4.78 is 16.7. The zero-order valence-electron chi connectivity index (χ0n) is 8.39. The molecule has 0 aromatic heterocycles. The summed E-state index contributed by atoms with van der Waals surface area (Å²) in [6.45, 7) is 4.07. The Kier molecular flexibility index (Phi) is 1.45. The largest absolute Gasteiger partial charge is 0.375 e. The minimum Gasteiger partial charge on any atom is -0.375 e. The van der Waals surface area contributed by atoms with Crippen LogP contribution in [0.1, 0.15) is 13.3 Å². The number of rotatable bonds is 3. The molecule has 14 heavy (non-hydrogen) atoms. The van der Waals surface area contributed by atoms with E-state index in [4.69, 9.17) is 14.2 Å². The summed E-state index contributed by atoms with van der Waals surface area (Å²) in [5, 5.41) is 0. The third-order valence-corrected chi connectivity index (χ3v) is 4.48. The predicted molar refractivity (Wildman–Crippen MR) is 48.9 cm³/mol. The molecule has 3 heteroatoms. The van der Waals surface area contributed by atoms with E-state index in [1.54, 1.807) is 0 Å². The van der Waals surface area contributed by atoms with Crippen molar-refractivity contribution in [3.8, 4) is 0 Å². The Labute approximate surface area is 83.7 Å². The van der Waals surface area contributed by atoms with Crippen molar-refractivity contribution < 1.29 is 14.2 Å². The van der Waals surface area contributed by atoms with Gasteiger partial charge in [0, 0.05) is 5.92 Å². The molecule has 2 saturated carbocycles. The monoisotopic (exact) mass is 196 g/mol. The number of hydrogen-bond donors (Lipinski definition) is 0. The molecule has 2 aliphatic heterocycles. The van der Waals surface area contributed by atoms with E-state index in [9.17, 15) is 0 Å². The molecule has 4 fully saturated rings. The van der Waals surface area contributed by atoms with Gasteiger partial charge in [-0.2, -0.15) is 0 Å². The van der Waals surface area contributed by atoms with Crippen LogP contribution in [-0.4, -0.2) is 37.6 Å². The van der Waals surface area contributed by atoms with E-state index in [0.29, 0.717) is 30.3 Å². The molecule has 2 aliphatic carbocycles. The van der Waals surface area contributed by atoms with Gasteiger partial charge in [0.15, 0.2) is 0 Å². The second kappa shape index (κ2) is 2.52. The van der Waals surface area contributed by atoms with Gasteiger partial charge in [0.1, 0.15) is 6.10 Å². The van der Waals surface area contributed by atoms with Gasteiger partial charge in [-0.05, 0) is 18.3 Å². The highest BCUT2D eigenvalue weighted by atomic mass is 16.6. The molecule has 0 spiro atoms. The second-order valence-corrected chi connectivity index (χ2v) is 5.23. The summed E-state index contributed by atoms with van der Waals surface area (Å²) in [6, 6.07) is 0. The molecular weight excluding hydrogens is 180 g/mol. The zero-order valence-corrected chi connectivity index (χ0v) is 8.39. The van der Waals surface area contributed by atoms with Crippen molar-refractivity contribution in [2.24, 2.45) is 17.8 Å². The summed E-state index contributed by atoms with van der Waals surface area (Å²) in [5.74, 6) is 2.29. The quantitative estimate of drug-likeness (QED) is 0.627. The molecule has 2 bridgehead atoms. The van der Waals surface area contributed by atoms with Crippen molar-refractivity contribution in [3.05, 3.63) is 0 Å². The highest BCUT2D eigenvalue weighted by Crippen LogP contribution is 2.60. The normalized spacial score (nSPS) is 62.8. The number of hydrogen-bond acceptors (Lipinski definition) is 3. The SMILES string of the molecule is C[C@@H]1C2CC(OCC3CO3)C1C1OC12. The van der Waals surface area contributed by atoms with Crippen LogP contribution in [-0.2, 0) is 14.2 Å². The molecule has 7 atom stereocenters. The predicted octanol–water partition coefficient (Wildman–Crippen LogP) is 0.824. The molecule has 2 saturated heterocycles. The fourth-order valence-electron chi connectivity index (χ4n) is 3.57. The maximum Gasteiger partial charge on any atom is 0.104 e. The summed E-state index contributed by atoms with van der Waals surface area (Å²) in [5.41, 5.74) is 0. The highest BCUT2D eigenvalue weighted by Gasteiger charge is 2.67. The fourth-order valence-corrected chi connectivity index (χ4v) is 3.57. The lowest BCUT2D eigenvalue weighted by Crippen LogP contribution is -2.28. The molecule has 0 amide bonds. The van der Waals surface area contributed by atoms with Crippen molar-refractivity contribution >= 4 is 0 Å². The summed E-state index contributed by atoms with van der Waals surface area (Å²) in [7, 11) is 0. The van der Waals surface area contributed by atoms with E-state index in [2.05, 4.69) is 6.92 Å². The van der Waals surface area contributed by atoms with Crippen LogP contribution in [0.5, 0.6) is 0 Å². The van der Waals surface area contributed by atoms with Crippen LogP contribution in [0, 0.1) is 17.8 Å². The molecular formula is C11H16O3. The van der Waals surface area contributed by atoms with Gasteiger partial charge < -0.3 is 14.2 Å². The minimum absolute atomic E-state index is 0.403. The summed E-state index contributed by atoms with van der Waals surface area (Å²) >= 11 is 0. The molecule has 0 N–H and O–H groups in total. The van der Waals surface area contributed by atoms with E-state index in [1.165, 1.54) is 6.42 Å². The average Bonchev–Trinajstić information content (AvgIpc) is 3.08. The van der Waals surface area contributed by atoms with Gasteiger partial charge in [0.25, 0.3) is 0 Å². The third-order valence-electron chi connectivity index (χ3n) is 4.48. The van der Waals surface area contributed by atoms with Crippen molar-refractivity contribution in [3.63, 3.8) is 0 Å². The van der Waals surface area contributed by atoms with Crippen LogP contribution >= 0.6 is 0 Å². The molecule has 0 aromatic carbocycles. The van der Waals surface area contributed by atoms with Crippen molar-refractivity contribution in [1.82, 2.24) is 0 Å². The van der Waals surface area contributed by atoms with Crippen LogP contribution in [0.4, 0.5) is 0 Å². The van der Waals surface area contributed by atoms with Gasteiger partial charge in [0.2, 0.25) is 0 Å². The second-order valence-electron chi connectivity index (χ2n) is 5.23. The number of epoxide rings is 2. The fraction of sp³-hybridized carbons (Fsp3) is 1.00. The Morgan fingerprint density at radius 3 is 2.86 bits per heavy atom. The van der Waals surface area contributed by atoms with Crippen LogP contribution in [0.3, 0.4) is 0 Å². The Balaban J connectivity index is 1.44. The molecule has 3 nitrogen and oxygen atoms in total. The van der Waals surface area contributed by atoms with Crippen LogP contribution in [0.2, 0.25) is 0 Å². The molecule has 78 valence electrons. The first-order chi connectivity index (χ1) is 6.84. The Bertz CT molecular complexity index is 263. The average molecular weight is 196 g/mol. The van der Waals surface area contributed by atoms with Crippen molar-refractivity contribution in [2.45, 2.75) is 37.8 Å². The van der Waals surface area contributed by atoms with Gasteiger partial charge >= 0.3 is 0 Å². The molecule has 4 aliphatic rings. The Morgan fingerprint density at radius 1 is 1.36 bits per heavy atom. The van der Waals surface area contributed by atoms with Crippen molar-refractivity contribution in [2.75, 3.05) is 13.2 Å². The smallest absolute Gasteiger partial charge is 0.104 e. The van der Waals surface area contributed by atoms with Gasteiger partial charge in [-0.3, -0.25) is 0 Å². The summed E-state index contributed by atoms with van der Waals surface area (Å²) in [6.07, 6.45) is 3.24. The Morgan fingerprint density at radius 2 is 2.21 bits per heavy atom. The lowest BCUT2D eigenvalue weighted by Gasteiger charge is -2.20. The topological polar surface area (TPSA) is 34.3 Å². The van der Waals surface area contributed by atoms with Crippen LogP contribution < -0.4 is 0 Å². The highest BCUT2D eigenvalue weighted by molar-refractivity contribution is 5.14. The first-order valence-corrected chi connectivity index (χ1v) is 5.73. The van der Waals surface area contributed by atoms with Gasteiger partial charge in [-0.25, -0.2) is 0 Å². The van der Waals surface area contributed by atoms with Gasteiger partial charge in [-0.15, -0.1) is 0 Å². The van der Waals surface area contributed by atoms with E-state index >= 15 is 0 Å². The van der Waals surface area contributed by atoms with Crippen molar-refractivity contribution in [1.29, 1.82) is 0 Å². The van der Waals surface area contributed by atoms with E-state index in [1.807, 2.05) is 0 Å². The van der Waals surface area contributed by atoms with Crippen LogP contribution in [0.15, 0.2) is 0 Å². The standard InChI is InChI=1S/C11H16O3/c1-5-7-2-8(13-4-6-3-12-6)9(5)11-10(7)14-11/h5-11H,2-4H2,1H3/t5-,6?,7?,8?,9?,10?,11?/m1/s1. The lowest BCUT2D eigenvalue weighted by molar-refractivity contribution is 0.00458. The van der Waals surface area contributed by atoms with E-state index in [-0.39, 0.29) is 0 Å². The third kappa shape index (κ3) is 0.980. The molecule has 0 aromatic rings. The molecule has 6 unspecified atom stereocenters. The summed E-state index contributed by atoms with van der Waals surface area (Å²) in [4.78, 5) is 0.